The van der Waals surface area contributed by atoms with Crippen molar-refractivity contribution in [1.82, 2.24) is 15.5 Å². The minimum Gasteiger partial charge on any atom is -0.335 e. The molecular weight excluding hydrogens is 310 g/mol. The molecule has 2 aliphatic rings. The van der Waals surface area contributed by atoms with E-state index in [0.29, 0.717) is 12.1 Å². The number of nitrogens with one attached hydrogen (secondary N) is 2. The van der Waals surface area contributed by atoms with Crippen LogP contribution in [0.5, 0.6) is 0 Å². The first-order valence-electron chi connectivity index (χ1n) is 10.0. The Hall–Kier alpha value is -1.55. The van der Waals surface area contributed by atoms with Crippen LogP contribution in [0.4, 0.5) is 4.79 Å². The Labute approximate surface area is 152 Å². The molecule has 1 heterocycles. The van der Waals surface area contributed by atoms with Gasteiger partial charge in [-0.25, -0.2) is 4.79 Å². The Morgan fingerprint density at radius 3 is 2.28 bits per heavy atom. The number of amides is 2. The number of hydrogen-bond donors (Lipinski definition) is 2. The van der Waals surface area contributed by atoms with E-state index in [0.717, 1.165) is 45.3 Å². The predicted octanol–water partition coefficient (Wildman–Crippen LogP) is 3.98. The fourth-order valence-electron chi connectivity index (χ4n) is 4.14. The van der Waals surface area contributed by atoms with Crippen LogP contribution >= 0.6 is 0 Å². The van der Waals surface area contributed by atoms with E-state index in [1.54, 1.807) is 0 Å². The third kappa shape index (κ3) is 6.03. The monoisotopic (exact) mass is 343 g/mol. The van der Waals surface area contributed by atoms with Gasteiger partial charge in [-0.2, -0.15) is 0 Å². The summed E-state index contributed by atoms with van der Waals surface area (Å²) in [6, 6.07) is 9.50. The Balaban J connectivity index is 1.37. The maximum absolute atomic E-state index is 12.3. The summed E-state index contributed by atoms with van der Waals surface area (Å²) in [6.07, 6.45) is 9.52. The minimum absolute atomic E-state index is 0.0454. The van der Waals surface area contributed by atoms with Gasteiger partial charge in [0.2, 0.25) is 0 Å². The summed E-state index contributed by atoms with van der Waals surface area (Å²) < 4.78 is 0. The van der Waals surface area contributed by atoms with E-state index in [1.165, 1.54) is 36.8 Å². The average Bonchev–Trinajstić information content (AvgIpc) is 2.85. The van der Waals surface area contributed by atoms with Crippen LogP contribution in [0.25, 0.3) is 0 Å². The summed E-state index contributed by atoms with van der Waals surface area (Å²) in [4.78, 5) is 14.8. The summed E-state index contributed by atoms with van der Waals surface area (Å²) in [5.41, 5.74) is 2.71. The van der Waals surface area contributed by atoms with E-state index in [4.69, 9.17) is 0 Å². The van der Waals surface area contributed by atoms with Crippen molar-refractivity contribution in [2.45, 2.75) is 76.9 Å². The van der Waals surface area contributed by atoms with E-state index >= 15 is 0 Å². The van der Waals surface area contributed by atoms with Gasteiger partial charge in [0.05, 0.1) is 0 Å². The average molecular weight is 344 g/mol. The molecule has 4 heteroatoms. The molecule has 0 radical (unpaired) electrons. The number of benzene rings is 1. The molecule has 2 amide bonds. The number of urea groups is 1. The maximum Gasteiger partial charge on any atom is 0.315 e. The number of piperidine rings is 1. The Morgan fingerprint density at radius 1 is 1.00 bits per heavy atom. The SMILES string of the molecule is Cc1cccc(CN2CCC(NC(=O)NC3CCCCCC3)CC2)c1. The van der Waals surface area contributed by atoms with E-state index in [9.17, 15) is 4.79 Å². The minimum atomic E-state index is 0.0454. The molecule has 0 aromatic heterocycles. The van der Waals surface area contributed by atoms with Crippen molar-refractivity contribution in [1.29, 1.82) is 0 Å². The van der Waals surface area contributed by atoms with Gasteiger partial charge < -0.3 is 10.6 Å². The van der Waals surface area contributed by atoms with E-state index in [-0.39, 0.29) is 6.03 Å². The molecule has 4 nitrogen and oxygen atoms in total. The molecular formula is C21H33N3O. The van der Waals surface area contributed by atoms with Crippen LogP contribution in [-0.4, -0.2) is 36.1 Å². The van der Waals surface area contributed by atoms with Crippen LogP contribution in [0.1, 0.15) is 62.5 Å². The number of rotatable bonds is 4. The molecule has 2 fully saturated rings. The highest BCUT2D eigenvalue weighted by molar-refractivity contribution is 5.74. The van der Waals surface area contributed by atoms with Crippen molar-refractivity contribution in [3.05, 3.63) is 35.4 Å². The van der Waals surface area contributed by atoms with Gasteiger partial charge in [0.15, 0.2) is 0 Å². The lowest BCUT2D eigenvalue weighted by molar-refractivity contribution is 0.185. The van der Waals surface area contributed by atoms with Crippen molar-refractivity contribution in [3.63, 3.8) is 0 Å². The zero-order valence-corrected chi connectivity index (χ0v) is 15.6. The van der Waals surface area contributed by atoms with Crippen LogP contribution < -0.4 is 10.6 Å². The fraction of sp³-hybridized carbons (Fsp3) is 0.667. The first-order valence-corrected chi connectivity index (χ1v) is 10.0. The Bertz CT molecular complexity index is 544. The molecule has 0 unspecified atom stereocenters. The van der Waals surface area contributed by atoms with E-state index < -0.39 is 0 Å². The van der Waals surface area contributed by atoms with Gasteiger partial charge in [0, 0.05) is 31.7 Å². The van der Waals surface area contributed by atoms with Gasteiger partial charge in [-0.1, -0.05) is 55.5 Å². The van der Waals surface area contributed by atoms with Gasteiger partial charge in [-0.15, -0.1) is 0 Å². The first-order chi connectivity index (χ1) is 12.2. The molecule has 138 valence electrons. The second-order valence-corrected chi connectivity index (χ2v) is 7.85. The lowest BCUT2D eigenvalue weighted by atomic mass is 10.0. The van der Waals surface area contributed by atoms with Gasteiger partial charge in [0.1, 0.15) is 0 Å². The maximum atomic E-state index is 12.3. The molecule has 0 spiro atoms. The van der Waals surface area contributed by atoms with Crippen molar-refractivity contribution >= 4 is 6.03 Å². The van der Waals surface area contributed by atoms with E-state index in [2.05, 4.69) is 46.7 Å². The molecule has 1 saturated carbocycles. The fourth-order valence-corrected chi connectivity index (χ4v) is 4.14. The summed E-state index contributed by atoms with van der Waals surface area (Å²) in [5.74, 6) is 0. The molecule has 0 atom stereocenters. The highest BCUT2D eigenvalue weighted by atomic mass is 16.2. The number of nitrogens with zero attached hydrogens (tertiary/aromatic N) is 1. The van der Waals surface area contributed by atoms with Crippen molar-refractivity contribution in [2.24, 2.45) is 0 Å². The van der Waals surface area contributed by atoms with Crippen LogP contribution in [0.2, 0.25) is 0 Å². The predicted molar refractivity (Wildman–Crippen MR) is 103 cm³/mol. The van der Waals surface area contributed by atoms with Crippen LogP contribution in [0.3, 0.4) is 0 Å². The van der Waals surface area contributed by atoms with Crippen LogP contribution in [-0.2, 0) is 6.54 Å². The van der Waals surface area contributed by atoms with E-state index in [1.807, 2.05) is 0 Å². The Morgan fingerprint density at radius 2 is 1.64 bits per heavy atom. The topological polar surface area (TPSA) is 44.4 Å². The second-order valence-electron chi connectivity index (χ2n) is 7.85. The zero-order chi connectivity index (χ0) is 17.5. The third-order valence-corrected chi connectivity index (χ3v) is 5.60. The summed E-state index contributed by atoms with van der Waals surface area (Å²) in [7, 11) is 0. The summed E-state index contributed by atoms with van der Waals surface area (Å²) in [5, 5.41) is 6.40. The standard InChI is InChI=1S/C21H33N3O/c1-17-7-6-8-18(15-17)16-24-13-11-20(12-14-24)23-21(25)22-19-9-4-2-3-5-10-19/h6-8,15,19-20H,2-5,9-14,16H2,1H3,(H2,22,23,25). The first kappa shape index (κ1) is 18.2. The lowest BCUT2D eigenvalue weighted by Crippen LogP contribution is -2.49. The number of carbonyl (C=O) groups is 1. The summed E-state index contributed by atoms with van der Waals surface area (Å²) in [6.45, 7) is 5.28. The van der Waals surface area contributed by atoms with Crippen molar-refractivity contribution < 1.29 is 4.79 Å². The molecule has 2 N–H and O–H groups in total. The summed E-state index contributed by atoms with van der Waals surface area (Å²) >= 11 is 0. The smallest absolute Gasteiger partial charge is 0.315 e. The van der Waals surface area contributed by atoms with Gasteiger partial charge in [-0.3, -0.25) is 4.90 Å². The third-order valence-electron chi connectivity index (χ3n) is 5.60. The molecule has 0 bridgehead atoms. The van der Waals surface area contributed by atoms with Gasteiger partial charge in [-0.05, 0) is 38.2 Å². The lowest BCUT2D eigenvalue weighted by Gasteiger charge is -2.32. The number of likely N-dealkylation sites (tertiary alicyclic amines) is 1. The molecule has 3 rings (SSSR count). The zero-order valence-electron chi connectivity index (χ0n) is 15.6. The highest BCUT2D eigenvalue weighted by Gasteiger charge is 2.22. The van der Waals surface area contributed by atoms with Crippen molar-refractivity contribution in [2.75, 3.05) is 13.1 Å². The quantitative estimate of drug-likeness (QED) is 0.812. The molecule has 1 saturated heterocycles. The largest absolute Gasteiger partial charge is 0.335 e. The molecule has 25 heavy (non-hydrogen) atoms. The van der Waals surface area contributed by atoms with Gasteiger partial charge in [0.25, 0.3) is 0 Å². The van der Waals surface area contributed by atoms with Crippen LogP contribution in [0, 0.1) is 6.92 Å². The molecule has 1 aliphatic carbocycles. The second kappa shape index (κ2) is 9.23. The van der Waals surface area contributed by atoms with Crippen LogP contribution in [0.15, 0.2) is 24.3 Å². The molecule has 1 aromatic carbocycles. The number of hydrogen-bond acceptors (Lipinski definition) is 2. The van der Waals surface area contributed by atoms with Crippen molar-refractivity contribution in [3.8, 4) is 0 Å². The molecule has 1 aliphatic heterocycles. The number of carbonyl (C=O) groups excluding carboxylic acids is 1. The Kier molecular flexibility index (Phi) is 6.74. The number of aryl methyl sites for hydroxylation is 1. The molecule has 1 aromatic rings. The highest BCUT2D eigenvalue weighted by Crippen LogP contribution is 2.18. The normalized spacial score (nSPS) is 20.8. The van der Waals surface area contributed by atoms with Gasteiger partial charge >= 0.3 is 6.03 Å².